The molecule has 1 aromatic heterocycles. The fraction of sp³-hybridized carbons (Fsp3) is 0. The van der Waals surface area contributed by atoms with E-state index in [2.05, 4.69) is 15.0 Å². The van der Waals surface area contributed by atoms with Gasteiger partial charge in [-0.15, -0.1) is 0 Å². The molecule has 0 atom stereocenters. The average Bonchev–Trinajstić information content (AvgIpc) is 2.63. The minimum atomic E-state index is -3.84. The lowest BCUT2D eigenvalue weighted by Gasteiger charge is -2.09. The zero-order valence-corrected chi connectivity index (χ0v) is 14.2. The third-order valence-corrected chi connectivity index (χ3v) is 4.83. The molecule has 3 rings (SSSR count). The van der Waals surface area contributed by atoms with Crippen LogP contribution in [-0.2, 0) is 10.0 Å². The van der Waals surface area contributed by atoms with Gasteiger partial charge in [0.2, 0.25) is 0 Å². The number of anilines is 2. The maximum atomic E-state index is 12.9. The molecule has 0 bridgehead atoms. The number of hydrogen-bond acceptors (Lipinski definition) is 4. The normalized spacial score (nSPS) is 11.0. The van der Waals surface area contributed by atoms with Gasteiger partial charge in [0.25, 0.3) is 15.9 Å². The van der Waals surface area contributed by atoms with E-state index in [9.17, 15) is 17.6 Å². The number of sulfonamides is 1. The second-order valence-electron chi connectivity index (χ2n) is 5.31. The first-order valence-corrected chi connectivity index (χ1v) is 9.03. The van der Waals surface area contributed by atoms with Crippen LogP contribution in [0.25, 0.3) is 0 Å². The van der Waals surface area contributed by atoms with Gasteiger partial charge < -0.3 is 5.32 Å². The lowest BCUT2D eigenvalue weighted by atomic mass is 10.2. The quantitative estimate of drug-likeness (QED) is 0.720. The molecular formula is C18H14FN3O3S. The third-order valence-electron chi connectivity index (χ3n) is 3.43. The van der Waals surface area contributed by atoms with Gasteiger partial charge in [-0.25, -0.2) is 17.8 Å². The zero-order chi connectivity index (χ0) is 18.6. The van der Waals surface area contributed by atoms with Crippen molar-refractivity contribution in [2.24, 2.45) is 0 Å². The molecule has 1 amide bonds. The van der Waals surface area contributed by atoms with E-state index in [4.69, 9.17) is 0 Å². The lowest BCUT2D eigenvalue weighted by molar-refractivity contribution is 0.102. The first-order chi connectivity index (χ1) is 12.4. The number of nitrogens with zero attached hydrogens (tertiary/aromatic N) is 1. The molecule has 0 radical (unpaired) electrons. The Hall–Kier alpha value is -3.26. The summed E-state index contributed by atoms with van der Waals surface area (Å²) in [5.41, 5.74) is 0.629. The molecule has 0 saturated heterocycles. The van der Waals surface area contributed by atoms with Gasteiger partial charge in [0.05, 0.1) is 4.90 Å². The van der Waals surface area contributed by atoms with Gasteiger partial charge >= 0.3 is 0 Å². The molecule has 8 heteroatoms. The Morgan fingerprint density at radius 1 is 0.923 bits per heavy atom. The third kappa shape index (κ3) is 4.22. The van der Waals surface area contributed by atoms with Crippen LogP contribution < -0.4 is 10.0 Å². The van der Waals surface area contributed by atoms with E-state index in [0.717, 1.165) is 12.1 Å². The van der Waals surface area contributed by atoms with Gasteiger partial charge in [-0.3, -0.25) is 9.52 Å². The summed E-state index contributed by atoms with van der Waals surface area (Å²) in [6, 6.07) is 15.5. The first kappa shape index (κ1) is 17.6. The number of carbonyl (C=O) groups is 1. The highest BCUT2D eigenvalue weighted by molar-refractivity contribution is 7.92. The Bertz CT molecular complexity index is 1010. The van der Waals surface area contributed by atoms with Crippen LogP contribution in [-0.4, -0.2) is 19.3 Å². The molecule has 26 heavy (non-hydrogen) atoms. The van der Waals surface area contributed by atoms with Gasteiger partial charge in [0, 0.05) is 17.4 Å². The highest BCUT2D eigenvalue weighted by Gasteiger charge is 2.14. The van der Waals surface area contributed by atoms with Crippen molar-refractivity contribution in [1.29, 1.82) is 0 Å². The molecule has 3 aromatic rings. The molecule has 0 fully saturated rings. The summed E-state index contributed by atoms with van der Waals surface area (Å²) in [4.78, 5) is 16.1. The minimum Gasteiger partial charge on any atom is -0.307 e. The van der Waals surface area contributed by atoms with Crippen molar-refractivity contribution in [1.82, 2.24) is 4.98 Å². The van der Waals surface area contributed by atoms with Crippen LogP contribution in [0.15, 0.2) is 77.8 Å². The fourth-order valence-corrected chi connectivity index (χ4v) is 3.20. The minimum absolute atomic E-state index is 0.0594. The van der Waals surface area contributed by atoms with E-state index < -0.39 is 15.8 Å². The summed E-state index contributed by atoms with van der Waals surface area (Å²) in [6.45, 7) is 0. The van der Waals surface area contributed by atoms with Crippen molar-refractivity contribution in [3.63, 3.8) is 0 Å². The van der Waals surface area contributed by atoms with Crippen LogP contribution in [0.3, 0.4) is 0 Å². The largest absolute Gasteiger partial charge is 0.307 e. The maximum absolute atomic E-state index is 12.9. The number of benzene rings is 2. The Kier molecular flexibility index (Phi) is 4.94. The van der Waals surface area contributed by atoms with Crippen LogP contribution >= 0.6 is 0 Å². The molecule has 6 nitrogen and oxygen atoms in total. The summed E-state index contributed by atoms with van der Waals surface area (Å²) < 4.78 is 39.8. The molecule has 1 heterocycles. The second kappa shape index (κ2) is 7.32. The fourth-order valence-electron chi connectivity index (χ4n) is 2.14. The van der Waals surface area contributed by atoms with E-state index in [1.165, 1.54) is 36.4 Å². The maximum Gasteiger partial charge on any atom is 0.261 e. The van der Waals surface area contributed by atoms with E-state index in [0.29, 0.717) is 11.4 Å². The van der Waals surface area contributed by atoms with Crippen molar-refractivity contribution in [2.75, 3.05) is 10.0 Å². The summed E-state index contributed by atoms with van der Waals surface area (Å²) in [5, 5.41) is 2.63. The van der Waals surface area contributed by atoms with E-state index in [1.807, 2.05) is 0 Å². The van der Waals surface area contributed by atoms with Crippen LogP contribution in [0.1, 0.15) is 10.4 Å². The van der Waals surface area contributed by atoms with E-state index >= 15 is 0 Å². The monoisotopic (exact) mass is 371 g/mol. The molecule has 0 aliphatic heterocycles. The molecule has 2 aromatic carbocycles. The summed E-state index contributed by atoms with van der Waals surface area (Å²) >= 11 is 0. The lowest BCUT2D eigenvalue weighted by Crippen LogP contribution is -2.14. The average molecular weight is 371 g/mol. The van der Waals surface area contributed by atoms with Crippen molar-refractivity contribution in [3.8, 4) is 0 Å². The van der Waals surface area contributed by atoms with Gasteiger partial charge in [-0.1, -0.05) is 6.07 Å². The number of rotatable bonds is 5. The Morgan fingerprint density at radius 2 is 1.62 bits per heavy atom. The number of halogens is 1. The van der Waals surface area contributed by atoms with Gasteiger partial charge in [0.15, 0.2) is 0 Å². The molecule has 132 valence electrons. The SMILES string of the molecule is O=C(Nc1ccccn1)c1ccc(NS(=O)(=O)c2ccc(F)cc2)cc1. The molecule has 0 spiro atoms. The van der Waals surface area contributed by atoms with Crippen LogP contribution in [0.4, 0.5) is 15.9 Å². The Labute approximate surface area is 149 Å². The summed E-state index contributed by atoms with van der Waals surface area (Å²) in [7, 11) is -3.84. The van der Waals surface area contributed by atoms with Gasteiger partial charge in [-0.2, -0.15) is 0 Å². The smallest absolute Gasteiger partial charge is 0.261 e. The zero-order valence-electron chi connectivity index (χ0n) is 13.4. The number of amides is 1. The van der Waals surface area contributed by atoms with Crippen molar-refractivity contribution in [2.45, 2.75) is 4.90 Å². The van der Waals surface area contributed by atoms with Crippen molar-refractivity contribution in [3.05, 3.63) is 84.3 Å². The highest BCUT2D eigenvalue weighted by atomic mass is 32.2. The molecule has 0 aliphatic rings. The number of carbonyl (C=O) groups excluding carboxylic acids is 1. The van der Waals surface area contributed by atoms with Gasteiger partial charge in [0.1, 0.15) is 11.6 Å². The predicted molar refractivity (Wildman–Crippen MR) is 95.8 cm³/mol. The Morgan fingerprint density at radius 3 is 2.23 bits per heavy atom. The number of aromatic nitrogens is 1. The molecule has 0 saturated carbocycles. The molecule has 2 N–H and O–H groups in total. The predicted octanol–water partition coefficient (Wildman–Crippen LogP) is 3.27. The number of nitrogens with one attached hydrogen (secondary N) is 2. The standard InChI is InChI=1S/C18H14FN3O3S/c19-14-6-10-16(11-7-14)26(24,25)22-15-8-4-13(5-9-15)18(23)21-17-3-1-2-12-20-17/h1-12,22H,(H,20,21,23). The molecule has 0 unspecified atom stereocenters. The summed E-state index contributed by atoms with van der Waals surface area (Å²) in [6.07, 6.45) is 1.56. The first-order valence-electron chi connectivity index (χ1n) is 7.55. The molecule has 0 aliphatic carbocycles. The van der Waals surface area contributed by atoms with Crippen LogP contribution in [0.2, 0.25) is 0 Å². The summed E-state index contributed by atoms with van der Waals surface area (Å²) in [5.74, 6) is -0.470. The van der Waals surface area contributed by atoms with Crippen molar-refractivity contribution >= 4 is 27.4 Å². The molecular weight excluding hydrogens is 357 g/mol. The van der Waals surface area contributed by atoms with Crippen molar-refractivity contribution < 1.29 is 17.6 Å². The van der Waals surface area contributed by atoms with Crippen LogP contribution in [0, 0.1) is 5.82 Å². The number of hydrogen-bond donors (Lipinski definition) is 2. The van der Waals surface area contributed by atoms with Gasteiger partial charge in [-0.05, 0) is 60.7 Å². The van der Waals surface area contributed by atoms with E-state index in [1.54, 1.807) is 24.4 Å². The highest BCUT2D eigenvalue weighted by Crippen LogP contribution is 2.17. The topological polar surface area (TPSA) is 88.2 Å². The van der Waals surface area contributed by atoms with E-state index in [-0.39, 0.29) is 16.5 Å². The number of pyridine rings is 1. The van der Waals surface area contributed by atoms with Crippen LogP contribution in [0.5, 0.6) is 0 Å². The Balaban J connectivity index is 1.71. The second-order valence-corrected chi connectivity index (χ2v) is 6.99.